The van der Waals surface area contributed by atoms with Crippen LogP contribution in [0.15, 0.2) is 36.8 Å². The number of aromatic nitrogens is 3. The second-order valence-corrected chi connectivity index (χ2v) is 8.40. The molecule has 33 heavy (non-hydrogen) atoms. The molecule has 2 unspecified atom stereocenters. The number of methoxy groups -OCH3 is 2. The average molecular weight is 450 g/mol. The van der Waals surface area contributed by atoms with Crippen LogP contribution < -0.4 is 14.4 Å². The van der Waals surface area contributed by atoms with Gasteiger partial charge in [-0.15, -0.1) is 0 Å². The van der Waals surface area contributed by atoms with E-state index in [1.54, 1.807) is 12.1 Å². The van der Waals surface area contributed by atoms with E-state index in [9.17, 15) is 15.2 Å². The molecule has 2 atom stereocenters. The number of carbonyl (C=O) groups is 1. The molecule has 1 aromatic carbocycles. The molecule has 172 valence electrons. The van der Waals surface area contributed by atoms with Crippen LogP contribution in [-0.4, -0.2) is 46.5 Å². The Morgan fingerprint density at radius 1 is 1.24 bits per heavy atom. The van der Waals surface area contributed by atoms with E-state index in [2.05, 4.69) is 20.6 Å². The van der Waals surface area contributed by atoms with Crippen molar-refractivity contribution in [2.24, 2.45) is 11.8 Å². The highest BCUT2D eigenvalue weighted by molar-refractivity contribution is 5.88. The van der Waals surface area contributed by atoms with Crippen molar-refractivity contribution in [1.82, 2.24) is 14.5 Å². The number of amides is 1. The Kier molecular flexibility index (Phi) is 6.63. The number of nitriles is 1. The summed E-state index contributed by atoms with van der Waals surface area (Å²) in [6, 6.07) is 9.30. The van der Waals surface area contributed by atoms with Crippen LogP contribution in [0.3, 0.4) is 0 Å². The zero-order valence-corrected chi connectivity index (χ0v) is 18.8. The van der Waals surface area contributed by atoms with Crippen molar-refractivity contribution in [3.8, 4) is 17.7 Å². The minimum absolute atomic E-state index is 0.219. The number of pyridine rings is 1. The van der Waals surface area contributed by atoms with E-state index in [4.69, 9.17) is 9.47 Å². The van der Waals surface area contributed by atoms with Crippen molar-refractivity contribution in [3.63, 3.8) is 0 Å². The van der Waals surface area contributed by atoms with Gasteiger partial charge in [0, 0.05) is 19.2 Å². The van der Waals surface area contributed by atoms with Crippen LogP contribution in [0.5, 0.6) is 11.6 Å². The monoisotopic (exact) mass is 449 g/mol. The number of fused-ring (bicyclic) bond motifs is 1. The van der Waals surface area contributed by atoms with Crippen molar-refractivity contribution >= 4 is 22.8 Å². The minimum atomic E-state index is -1.04. The Labute approximate surface area is 192 Å². The van der Waals surface area contributed by atoms with Gasteiger partial charge in [0.1, 0.15) is 11.4 Å². The number of rotatable bonds is 7. The summed E-state index contributed by atoms with van der Waals surface area (Å²) in [7, 11) is 3.01. The molecule has 1 aliphatic rings. The first-order chi connectivity index (χ1) is 16.0. The fourth-order valence-electron chi connectivity index (χ4n) is 4.71. The van der Waals surface area contributed by atoms with Gasteiger partial charge in [-0.3, -0.25) is 4.90 Å². The maximum absolute atomic E-state index is 12.1. The Hall–Kier alpha value is -3.80. The summed E-state index contributed by atoms with van der Waals surface area (Å²) in [6.07, 6.45) is 6.27. The highest BCUT2D eigenvalue weighted by atomic mass is 16.5. The number of nitrogens with zero attached hydrogens (tertiary/aromatic N) is 5. The minimum Gasteiger partial charge on any atom is -0.494 e. The van der Waals surface area contributed by atoms with E-state index in [-0.39, 0.29) is 5.92 Å². The summed E-state index contributed by atoms with van der Waals surface area (Å²) in [5.74, 6) is 1.40. The summed E-state index contributed by atoms with van der Waals surface area (Å²) in [6.45, 7) is 1.17. The van der Waals surface area contributed by atoms with Gasteiger partial charge in [0.25, 0.3) is 0 Å². The quantitative estimate of drug-likeness (QED) is 0.572. The van der Waals surface area contributed by atoms with Crippen molar-refractivity contribution < 1.29 is 19.4 Å². The summed E-state index contributed by atoms with van der Waals surface area (Å²) < 4.78 is 12.6. The molecule has 9 heteroatoms. The lowest BCUT2D eigenvalue weighted by atomic mass is 9.81. The molecule has 0 radical (unpaired) electrons. The molecule has 2 aromatic heterocycles. The summed E-state index contributed by atoms with van der Waals surface area (Å²) in [5, 5.41) is 19.1. The lowest BCUT2D eigenvalue weighted by Gasteiger charge is -2.33. The largest absolute Gasteiger partial charge is 0.494 e. The molecule has 0 aliphatic heterocycles. The Morgan fingerprint density at radius 2 is 2.06 bits per heavy atom. The van der Waals surface area contributed by atoms with Gasteiger partial charge in [0.05, 0.1) is 49.4 Å². The summed E-state index contributed by atoms with van der Waals surface area (Å²) in [5.41, 5.74) is 2.86. The average Bonchev–Trinajstić information content (AvgIpc) is 3.24. The first-order valence-corrected chi connectivity index (χ1v) is 11.0. The third-order valence-corrected chi connectivity index (χ3v) is 6.31. The Morgan fingerprint density at radius 3 is 2.79 bits per heavy atom. The van der Waals surface area contributed by atoms with Crippen molar-refractivity contribution in [2.75, 3.05) is 25.7 Å². The first-order valence-electron chi connectivity index (χ1n) is 11.0. The van der Waals surface area contributed by atoms with Gasteiger partial charge < -0.3 is 19.1 Å². The molecule has 1 aliphatic carbocycles. The summed E-state index contributed by atoms with van der Waals surface area (Å²) >= 11 is 0. The Balaban J connectivity index is 1.49. The van der Waals surface area contributed by atoms with E-state index in [1.807, 2.05) is 18.5 Å². The molecule has 2 heterocycles. The zero-order valence-electron chi connectivity index (χ0n) is 18.8. The normalized spacial score (nSPS) is 18.0. The molecule has 1 saturated carbocycles. The summed E-state index contributed by atoms with van der Waals surface area (Å²) in [4.78, 5) is 22.1. The molecule has 0 spiro atoms. The SMILES string of the molecule is COc1cc(OC)c(N(CC2CCCC(Cn3cnc4ccc(C#N)cc43)C2)C(=O)O)cn1. The highest BCUT2D eigenvalue weighted by Crippen LogP contribution is 2.35. The predicted octanol–water partition coefficient (Wildman–Crippen LogP) is 4.31. The highest BCUT2D eigenvalue weighted by Gasteiger charge is 2.28. The van der Waals surface area contributed by atoms with Crippen molar-refractivity contribution in [2.45, 2.75) is 32.2 Å². The molecule has 1 amide bonds. The molecule has 9 nitrogen and oxygen atoms in total. The standard InChI is InChI=1S/C24H27N5O4/c1-32-22-10-23(33-2)26-12-21(22)29(24(30)31)14-18-5-3-4-17(8-18)13-28-15-27-19-7-6-16(11-25)9-20(19)28/h6-7,9-10,12,15,17-18H,3-5,8,13-14H2,1-2H3,(H,30,31). The first kappa shape index (κ1) is 22.4. The van der Waals surface area contributed by atoms with Gasteiger partial charge in [-0.1, -0.05) is 6.42 Å². The number of ether oxygens (including phenoxy) is 2. The molecule has 1 N–H and O–H groups in total. The van der Waals surface area contributed by atoms with Gasteiger partial charge in [-0.25, -0.2) is 14.8 Å². The van der Waals surface area contributed by atoms with Crippen LogP contribution in [-0.2, 0) is 6.54 Å². The third-order valence-electron chi connectivity index (χ3n) is 6.31. The van der Waals surface area contributed by atoms with Crippen LogP contribution >= 0.6 is 0 Å². The molecule has 1 fully saturated rings. The van der Waals surface area contributed by atoms with Crippen LogP contribution in [0.25, 0.3) is 11.0 Å². The molecule has 4 rings (SSSR count). The van der Waals surface area contributed by atoms with Crippen LogP contribution in [0.4, 0.5) is 10.5 Å². The number of imidazole rings is 1. The lowest BCUT2D eigenvalue weighted by molar-refractivity contribution is 0.195. The predicted molar refractivity (Wildman–Crippen MR) is 123 cm³/mol. The van der Waals surface area contributed by atoms with Gasteiger partial charge in [0.15, 0.2) is 0 Å². The van der Waals surface area contributed by atoms with Crippen molar-refractivity contribution in [1.29, 1.82) is 5.26 Å². The van der Waals surface area contributed by atoms with Crippen LogP contribution in [0.1, 0.15) is 31.2 Å². The van der Waals surface area contributed by atoms with Gasteiger partial charge in [-0.2, -0.15) is 5.26 Å². The van der Waals surface area contributed by atoms with Crippen LogP contribution in [0.2, 0.25) is 0 Å². The van der Waals surface area contributed by atoms with E-state index in [1.165, 1.54) is 25.3 Å². The number of hydrogen-bond donors (Lipinski definition) is 1. The number of carboxylic acid groups (broad SMARTS) is 1. The van der Waals surface area contributed by atoms with Gasteiger partial charge >= 0.3 is 6.09 Å². The number of hydrogen-bond acceptors (Lipinski definition) is 6. The topological polar surface area (TPSA) is 114 Å². The van der Waals surface area contributed by atoms with Crippen molar-refractivity contribution in [3.05, 3.63) is 42.4 Å². The van der Waals surface area contributed by atoms with Gasteiger partial charge in [-0.05, 0) is 49.3 Å². The third kappa shape index (κ3) is 4.85. The molecular formula is C24H27N5O4. The van der Waals surface area contributed by atoms with E-state index in [0.29, 0.717) is 35.3 Å². The molecule has 0 saturated heterocycles. The van der Waals surface area contributed by atoms with Gasteiger partial charge in [0.2, 0.25) is 5.88 Å². The molecular weight excluding hydrogens is 422 g/mol. The number of anilines is 1. The number of benzene rings is 1. The maximum atomic E-state index is 12.1. The molecule has 0 bridgehead atoms. The second-order valence-electron chi connectivity index (χ2n) is 8.40. The Bertz CT molecular complexity index is 1190. The molecule has 3 aromatic rings. The lowest BCUT2D eigenvalue weighted by Crippen LogP contribution is -2.36. The zero-order chi connectivity index (χ0) is 23.4. The van der Waals surface area contributed by atoms with E-state index in [0.717, 1.165) is 43.3 Å². The fraction of sp³-hybridized carbons (Fsp3) is 0.417. The van der Waals surface area contributed by atoms with E-state index >= 15 is 0 Å². The second kappa shape index (κ2) is 9.77. The van der Waals surface area contributed by atoms with Crippen LogP contribution in [0, 0.1) is 23.2 Å². The smallest absolute Gasteiger partial charge is 0.411 e. The fourth-order valence-corrected chi connectivity index (χ4v) is 4.71. The van der Waals surface area contributed by atoms with E-state index < -0.39 is 6.09 Å². The maximum Gasteiger partial charge on any atom is 0.411 e.